The summed E-state index contributed by atoms with van der Waals surface area (Å²) in [6.07, 6.45) is 6.48. The third kappa shape index (κ3) is 3.34. The number of rotatable bonds is 4. The molecule has 1 aromatic carbocycles. The van der Waals surface area contributed by atoms with E-state index in [-0.39, 0.29) is 11.8 Å². The molecule has 3 aromatic rings. The Morgan fingerprint density at radius 3 is 2.69 bits per heavy atom. The van der Waals surface area contributed by atoms with Crippen LogP contribution in [0.25, 0.3) is 17.7 Å². The first-order valence-electron chi connectivity index (χ1n) is 8.03. The molecule has 8 heteroatoms. The molecule has 0 aliphatic carbocycles. The highest BCUT2D eigenvalue weighted by Crippen LogP contribution is 2.27. The Bertz CT molecular complexity index is 951. The monoisotopic (exact) mass is 367 g/mol. The van der Waals surface area contributed by atoms with E-state index in [1.807, 2.05) is 18.2 Å². The minimum absolute atomic E-state index is 0.0256. The maximum Gasteiger partial charge on any atom is 0.246 e. The number of nitrogens with zero attached hydrogens (tertiary/aromatic N) is 5. The number of amides is 1. The van der Waals surface area contributed by atoms with E-state index >= 15 is 0 Å². The van der Waals surface area contributed by atoms with Gasteiger partial charge in [0, 0.05) is 36.6 Å². The van der Waals surface area contributed by atoms with Crippen molar-refractivity contribution in [3.05, 3.63) is 65.3 Å². The molecule has 0 radical (unpaired) electrons. The van der Waals surface area contributed by atoms with Crippen LogP contribution in [0.3, 0.4) is 0 Å². The average molecular weight is 368 g/mol. The fourth-order valence-corrected chi connectivity index (χ4v) is 2.80. The molecule has 1 amide bonds. The Hall–Kier alpha value is -3.06. The highest BCUT2D eigenvalue weighted by Gasteiger charge is 2.35. The molecule has 26 heavy (non-hydrogen) atoms. The second-order valence-corrected chi connectivity index (χ2v) is 6.23. The number of hydrogen-bond donors (Lipinski definition) is 0. The molecule has 0 saturated carbocycles. The lowest BCUT2D eigenvalue weighted by molar-refractivity contribution is -0.130. The number of carbonyl (C=O) groups is 1. The number of hydrogen-bond acceptors (Lipinski definition) is 6. The van der Waals surface area contributed by atoms with Crippen molar-refractivity contribution in [2.75, 3.05) is 13.1 Å². The van der Waals surface area contributed by atoms with Gasteiger partial charge in [0.05, 0.1) is 5.92 Å². The molecule has 1 fully saturated rings. The Morgan fingerprint density at radius 2 is 1.92 bits per heavy atom. The lowest BCUT2D eigenvalue weighted by atomic mass is 10.00. The third-order valence-electron chi connectivity index (χ3n) is 4.06. The minimum Gasteiger partial charge on any atom is -0.338 e. The van der Waals surface area contributed by atoms with E-state index in [0.29, 0.717) is 35.7 Å². The summed E-state index contributed by atoms with van der Waals surface area (Å²) in [7, 11) is 0. The van der Waals surface area contributed by atoms with Crippen molar-refractivity contribution in [2.45, 2.75) is 5.92 Å². The van der Waals surface area contributed by atoms with Crippen LogP contribution in [0, 0.1) is 0 Å². The van der Waals surface area contributed by atoms with Crippen molar-refractivity contribution >= 4 is 23.6 Å². The van der Waals surface area contributed by atoms with Gasteiger partial charge in [0.2, 0.25) is 23.4 Å². The smallest absolute Gasteiger partial charge is 0.246 e. The van der Waals surface area contributed by atoms with Crippen LogP contribution < -0.4 is 0 Å². The zero-order chi connectivity index (χ0) is 17.9. The van der Waals surface area contributed by atoms with Gasteiger partial charge in [-0.1, -0.05) is 35.0 Å². The second-order valence-electron chi connectivity index (χ2n) is 5.82. The summed E-state index contributed by atoms with van der Waals surface area (Å²) >= 11 is 6.08. The molecule has 0 N–H and O–H groups in total. The molecule has 1 saturated heterocycles. The molecule has 0 spiro atoms. The SMILES string of the molecule is O=C(/C=C/c1ccccc1Cl)N1CC(c2nc(-c3ncccn3)no2)C1. The number of benzene rings is 1. The largest absolute Gasteiger partial charge is 0.338 e. The molecule has 0 atom stereocenters. The van der Waals surface area contributed by atoms with Gasteiger partial charge in [0.15, 0.2) is 0 Å². The molecular weight excluding hydrogens is 354 g/mol. The summed E-state index contributed by atoms with van der Waals surface area (Å²) in [6, 6.07) is 9.08. The van der Waals surface area contributed by atoms with E-state index in [4.69, 9.17) is 16.1 Å². The van der Waals surface area contributed by atoms with Gasteiger partial charge < -0.3 is 9.42 Å². The lowest BCUT2D eigenvalue weighted by Gasteiger charge is -2.36. The Morgan fingerprint density at radius 1 is 1.15 bits per heavy atom. The zero-order valence-corrected chi connectivity index (χ0v) is 14.4. The van der Waals surface area contributed by atoms with E-state index < -0.39 is 0 Å². The number of likely N-dealkylation sites (tertiary alicyclic amines) is 1. The first-order chi connectivity index (χ1) is 12.7. The van der Waals surface area contributed by atoms with Gasteiger partial charge >= 0.3 is 0 Å². The van der Waals surface area contributed by atoms with Crippen molar-refractivity contribution in [1.29, 1.82) is 0 Å². The molecule has 2 aromatic heterocycles. The normalized spacial score (nSPS) is 14.6. The first-order valence-corrected chi connectivity index (χ1v) is 8.41. The minimum atomic E-state index is -0.0766. The van der Waals surface area contributed by atoms with Crippen LogP contribution >= 0.6 is 11.6 Å². The fourth-order valence-electron chi connectivity index (χ4n) is 2.60. The Balaban J connectivity index is 1.36. The zero-order valence-electron chi connectivity index (χ0n) is 13.6. The molecule has 4 rings (SSSR count). The Kier molecular flexibility index (Phi) is 4.45. The van der Waals surface area contributed by atoms with Crippen molar-refractivity contribution in [3.8, 4) is 11.6 Å². The number of carbonyl (C=O) groups excluding carboxylic acids is 1. The van der Waals surface area contributed by atoms with Crippen molar-refractivity contribution < 1.29 is 9.32 Å². The summed E-state index contributed by atoms with van der Waals surface area (Å²) in [5, 5.41) is 4.51. The molecule has 7 nitrogen and oxygen atoms in total. The van der Waals surface area contributed by atoms with Gasteiger partial charge in [-0.05, 0) is 23.8 Å². The van der Waals surface area contributed by atoms with Gasteiger partial charge in [0.25, 0.3) is 0 Å². The molecule has 1 aliphatic rings. The van der Waals surface area contributed by atoms with Gasteiger partial charge in [0.1, 0.15) is 0 Å². The summed E-state index contributed by atoms with van der Waals surface area (Å²) in [4.78, 5) is 26.4. The lowest BCUT2D eigenvalue weighted by Crippen LogP contribution is -2.47. The first kappa shape index (κ1) is 16.4. The van der Waals surface area contributed by atoms with Gasteiger partial charge in [-0.2, -0.15) is 4.98 Å². The fraction of sp³-hybridized carbons (Fsp3) is 0.167. The highest BCUT2D eigenvalue weighted by atomic mass is 35.5. The predicted molar refractivity (Wildman–Crippen MR) is 95.1 cm³/mol. The van der Waals surface area contributed by atoms with Gasteiger partial charge in [-0.25, -0.2) is 9.97 Å². The van der Waals surface area contributed by atoms with Crippen LogP contribution in [0.15, 0.2) is 53.3 Å². The summed E-state index contributed by atoms with van der Waals surface area (Å²) < 4.78 is 5.28. The van der Waals surface area contributed by atoms with Gasteiger partial charge in [-0.3, -0.25) is 4.79 Å². The molecule has 0 unspecified atom stereocenters. The maximum atomic E-state index is 12.2. The van der Waals surface area contributed by atoms with E-state index in [1.54, 1.807) is 35.5 Å². The van der Waals surface area contributed by atoms with E-state index in [0.717, 1.165) is 5.56 Å². The van der Waals surface area contributed by atoms with Crippen LogP contribution in [-0.4, -0.2) is 44.0 Å². The highest BCUT2D eigenvalue weighted by molar-refractivity contribution is 6.32. The van der Waals surface area contributed by atoms with E-state index in [2.05, 4.69) is 20.1 Å². The topological polar surface area (TPSA) is 85.0 Å². The molecule has 3 heterocycles. The predicted octanol–water partition coefficient (Wildman–Crippen LogP) is 2.82. The number of aromatic nitrogens is 4. The third-order valence-corrected chi connectivity index (χ3v) is 4.40. The summed E-state index contributed by atoms with van der Waals surface area (Å²) in [5.74, 6) is 1.21. The maximum absolute atomic E-state index is 12.2. The van der Waals surface area contributed by atoms with Crippen LogP contribution in [0.4, 0.5) is 0 Å². The van der Waals surface area contributed by atoms with Crippen molar-refractivity contribution in [3.63, 3.8) is 0 Å². The molecule has 0 bridgehead atoms. The van der Waals surface area contributed by atoms with E-state index in [9.17, 15) is 4.79 Å². The standard InChI is InChI=1S/C18H14ClN5O2/c19-14-5-2-1-4-12(14)6-7-15(25)24-10-13(11-24)18-22-17(23-26-18)16-20-8-3-9-21-16/h1-9,13H,10-11H2/b7-6+. The Labute approximate surface area is 154 Å². The van der Waals surface area contributed by atoms with Crippen LogP contribution in [0.5, 0.6) is 0 Å². The molecule has 1 aliphatic heterocycles. The average Bonchev–Trinajstić information content (AvgIpc) is 3.10. The number of halogens is 1. The van der Waals surface area contributed by atoms with Crippen LogP contribution in [0.1, 0.15) is 17.4 Å². The molecule has 130 valence electrons. The molecular formula is C18H14ClN5O2. The van der Waals surface area contributed by atoms with Crippen LogP contribution in [0.2, 0.25) is 5.02 Å². The second kappa shape index (κ2) is 7.05. The van der Waals surface area contributed by atoms with Gasteiger partial charge in [-0.15, -0.1) is 0 Å². The van der Waals surface area contributed by atoms with Crippen LogP contribution in [-0.2, 0) is 4.79 Å². The van der Waals surface area contributed by atoms with E-state index in [1.165, 1.54) is 6.08 Å². The van der Waals surface area contributed by atoms with Crippen molar-refractivity contribution in [1.82, 2.24) is 25.0 Å². The summed E-state index contributed by atoms with van der Waals surface area (Å²) in [6.45, 7) is 1.06. The quantitative estimate of drug-likeness (QED) is 0.659. The van der Waals surface area contributed by atoms with Crippen molar-refractivity contribution in [2.24, 2.45) is 0 Å². The summed E-state index contributed by atoms with van der Waals surface area (Å²) in [5.41, 5.74) is 0.809.